The summed E-state index contributed by atoms with van der Waals surface area (Å²) in [6, 6.07) is 0.0481. The topological polar surface area (TPSA) is 59.0 Å². The third kappa shape index (κ3) is 3.68. The van der Waals surface area contributed by atoms with E-state index in [1.54, 1.807) is 0 Å². The Hall–Kier alpha value is -0.810. The number of hydrogen-bond acceptors (Lipinski definition) is 4. The molecule has 0 aromatic rings. The van der Waals surface area contributed by atoms with Crippen LogP contribution in [0.1, 0.15) is 20.8 Å². The molecule has 1 fully saturated rings. The quantitative estimate of drug-likeness (QED) is 0.752. The molecule has 0 bridgehead atoms. The number of aliphatic hydroxyl groups excluding tert-OH is 1. The first-order chi connectivity index (χ1) is 6.94. The first-order valence-corrected chi connectivity index (χ1v) is 5.12. The zero-order valence-corrected chi connectivity index (χ0v) is 9.52. The van der Waals surface area contributed by atoms with Crippen molar-refractivity contribution in [1.29, 1.82) is 0 Å². The average molecular weight is 217 g/mol. The van der Waals surface area contributed by atoms with E-state index in [4.69, 9.17) is 14.6 Å². The number of aliphatic hydroxyl groups is 1. The lowest BCUT2D eigenvalue weighted by Crippen LogP contribution is -2.53. The number of rotatable bonds is 3. The molecule has 5 nitrogen and oxygen atoms in total. The van der Waals surface area contributed by atoms with E-state index in [2.05, 4.69) is 0 Å². The molecule has 0 radical (unpaired) electrons. The van der Waals surface area contributed by atoms with Gasteiger partial charge in [0, 0.05) is 6.54 Å². The van der Waals surface area contributed by atoms with Gasteiger partial charge in [0.15, 0.2) is 0 Å². The van der Waals surface area contributed by atoms with Gasteiger partial charge in [-0.3, -0.25) is 4.90 Å². The molecule has 15 heavy (non-hydrogen) atoms. The van der Waals surface area contributed by atoms with Crippen LogP contribution in [0.4, 0.5) is 4.79 Å². The van der Waals surface area contributed by atoms with Crippen molar-refractivity contribution >= 4 is 6.09 Å². The Labute approximate surface area is 90.0 Å². The molecule has 0 saturated carbocycles. The number of hydrogen-bond donors (Lipinski definition) is 1. The molecular weight excluding hydrogens is 198 g/mol. The van der Waals surface area contributed by atoms with Gasteiger partial charge in [-0.15, -0.1) is 0 Å². The van der Waals surface area contributed by atoms with E-state index in [-0.39, 0.29) is 18.7 Å². The highest BCUT2D eigenvalue weighted by Crippen LogP contribution is 2.15. The molecular formula is C10H19NO4. The van der Waals surface area contributed by atoms with E-state index in [0.717, 1.165) is 0 Å². The lowest BCUT2D eigenvalue weighted by Gasteiger charge is -2.37. The van der Waals surface area contributed by atoms with Crippen LogP contribution in [0.3, 0.4) is 0 Å². The summed E-state index contributed by atoms with van der Waals surface area (Å²) in [6.45, 7) is 6.75. The van der Waals surface area contributed by atoms with Gasteiger partial charge in [0.2, 0.25) is 0 Å². The molecule has 0 aromatic carbocycles. The molecule has 1 aliphatic heterocycles. The molecule has 0 aliphatic carbocycles. The Bertz CT molecular complexity index is 220. The molecule has 88 valence electrons. The van der Waals surface area contributed by atoms with Crippen LogP contribution in [0.5, 0.6) is 0 Å². The van der Waals surface area contributed by atoms with Crippen LogP contribution in [0.25, 0.3) is 0 Å². The monoisotopic (exact) mass is 217 g/mol. The van der Waals surface area contributed by atoms with Crippen LogP contribution in [-0.2, 0) is 9.47 Å². The summed E-state index contributed by atoms with van der Waals surface area (Å²) in [4.78, 5) is 13.2. The van der Waals surface area contributed by atoms with Crippen molar-refractivity contribution in [3.05, 3.63) is 0 Å². The first-order valence-electron chi connectivity index (χ1n) is 5.12. The van der Waals surface area contributed by atoms with Gasteiger partial charge in [-0.25, -0.2) is 4.79 Å². The minimum Gasteiger partial charge on any atom is -0.444 e. The van der Waals surface area contributed by atoms with Gasteiger partial charge in [-0.1, -0.05) is 0 Å². The van der Waals surface area contributed by atoms with Crippen molar-refractivity contribution < 1.29 is 19.4 Å². The second kappa shape index (κ2) is 4.81. The fraction of sp³-hybridized carbons (Fsp3) is 0.900. The third-order valence-electron chi connectivity index (χ3n) is 2.03. The molecule has 1 N–H and O–H groups in total. The number of nitrogens with zero attached hydrogens (tertiary/aromatic N) is 1. The maximum Gasteiger partial charge on any atom is 0.410 e. The SMILES string of the molecule is CC(C)(C)OC(=O)N(CCO)C1COC1. The average Bonchev–Trinajstić information content (AvgIpc) is 1.96. The van der Waals surface area contributed by atoms with Gasteiger partial charge >= 0.3 is 6.09 Å². The number of carbonyl (C=O) groups is 1. The van der Waals surface area contributed by atoms with Crippen molar-refractivity contribution in [2.24, 2.45) is 0 Å². The van der Waals surface area contributed by atoms with Crippen LogP contribution in [0.15, 0.2) is 0 Å². The summed E-state index contributed by atoms with van der Waals surface area (Å²) >= 11 is 0. The Kier molecular flexibility index (Phi) is 3.93. The molecule has 1 rings (SSSR count). The highest BCUT2D eigenvalue weighted by Gasteiger charge is 2.32. The van der Waals surface area contributed by atoms with Gasteiger partial charge in [0.1, 0.15) is 5.60 Å². The predicted octanol–water partition coefficient (Wildman–Crippen LogP) is 0.615. The van der Waals surface area contributed by atoms with E-state index in [1.165, 1.54) is 4.90 Å². The molecule has 5 heteroatoms. The van der Waals surface area contributed by atoms with Crippen LogP contribution >= 0.6 is 0 Å². The predicted molar refractivity (Wildman–Crippen MR) is 54.6 cm³/mol. The minimum atomic E-state index is -0.505. The zero-order chi connectivity index (χ0) is 11.5. The van der Waals surface area contributed by atoms with Gasteiger partial charge in [0.05, 0.1) is 25.9 Å². The summed E-state index contributed by atoms with van der Waals surface area (Å²) in [5, 5.41) is 8.86. The number of amides is 1. The lowest BCUT2D eigenvalue weighted by atomic mass is 10.2. The van der Waals surface area contributed by atoms with Crippen LogP contribution in [0.2, 0.25) is 0 Å². The smallest absolute Gasteiger partial charge is 0.410 e. The molecule has 0 aromatic heterocycles. The van der Waals surface area contributed by atoms with Crippen LogP contribution in [0, 0.1) is 0 Å². The van der Waals surface area contributed by atoms with Crippen molar-refractivity contribution in [2.45, 2.75) is 32.4 Å². The van der Waals surface area contributed by atoms with Gasteiger partial charge in [-0.05, 0) is 20.8 Å². The second-order valence-corrected chi connectivity index (χ2v) is 4.59. The largest absolute Gasteiger partial charge is 0.444 e. The molecule has 1 heterocycles. The van der Waals surface area contributed by atoms with E-state index in [0.29, 0.717) is 19.8 Å². The standard InChI is InChI=1S/C10H19NO4/c1-10(2,3)15-9(13)11(4-5-12)8-6-14-7-8/h8,12H,4-7H2,1-3H3. The van der Waals surface area contributed by atoms with E-state index < -0.39 is 5.60 Å². The Balaban J connectivity index is 2.50. The second-order valence-electron chi connectivity index (χ2n) is 4.59. The summed E-state index contributed by atoms with van der Waals surface area (Å²) in [5.74, 6) is 0. The molecule has 0 unspecified atom stereocenters. The minimum absolute atomic E-state index is 0.0481. The molecule has 0 spiro atoms. The van der Waals surface area contributed by atoms with Crippen molar-refractivity contribution in [1.82, 2.24) is 4.90 Å². The fourth-order valence-corrected chi connectivity index (χ4v) is 1.25. The molecule has 1 amide bonds. The highest BCUT2D eigenvalue weighted by atomic mass is 16.6. The van der Waals surface area contributed by atoms with E-state index in [9.17, 15) is 4.79 Å². The van der Waals surface area contributed by atoms with Crippen molar-refractivity contribution in [2.75, 3.05) is 26.4 Å². The van der Waals surface area contributed by atoms with Gasteiger partial charge in [0.25, 0.3) is 0 Å². The number of carbonyl (C=O) groups excluding carboxylic acids is 1. The Morgan fingerprint density at radius 1 is 1.53 bits per heavy atom. The van der Waals surface area contributed by atoms with Crippen molar-refractivity contribution in [3.8, 4) is 0 Å². The summed E-state index contributed by atoms with van der Waals surface area (Å²) in [7, 11) is 0. The molecule has 0 atom stereocenters. The fourth-order valence-electron chi connectivity index (χ4n) is 1.25. The summed E-state index contributed by atoms with van der Waals surface area (Å²) in [6.07, 6.45) is -0.384. The van der Waals surface area contributed by atoms with Crippen LogP contribution in [-0.4, -0.2) is 54.1 Å². The maximum atomic E-state index is 11.7. The summed E-state index contributed by atoms with van der Waals surface area (Å²) in [5.41, 5.74) is -0.505. The Morgan fingerprint density at radius 3 is 2.47 bits per heavy atom. The highest BCUT2D eigenvalue weighted by molar-refractivity contribution is 5.68. The normalized spacial score (nSPS) is 17.1. The third-order valence-corrected chi connectivity index (χ3v) is 2.03. The number of ether oxygens (including phenoxy) is 2. The van der Waals surface area contributed by atoms with Crippen LogP contribution < -0.4 is 0 Å². The van der Waals surface area contributed by atoms with Gasteiger partial charge < -0.3 is 14.6 Å². The molecule has 1 saturated heterocycles. The van der Waals surface area contributed by atoms with Crippen molar-refractivity contribution in [3.63, 3.8) is 0 Å². The first kappa shape index (κ1) is 12.3. The lowest BCUT2D eigenvalue weighted by molar-refractivity contribution is -0.0732. The summed E-state index contributed by atoms with van der Waals surface area (Å²) < 4.78 is 10.2. The maximum absolute atomic E-state index is 11.7. The molecule has 1 aliphatic rings. The Morgan fingerprint density at radius 2 is 2.13 bits per heavy atom. The van der Waals surface area contributed by atoms with Gasteiger partial charge in [-0.2, -0.15) is 0 Å². The van der Waals surface area contributed by atoms with E-state index in [1.807, 2.05) is 20.8 Å². The zero-order valence-electron chi connectivity index (χ0n) is 9.52. The van der Waals surface area contributed by atoms with E-state index >= 15 is 0 Å².